The van der Waals surface area contributed by atoms with Crippen LogP contribution in [0, 0.1) is 12.7 Å². The summed E-state index contributed by atoms with van der Waals surface area (Å²) in [7, 11) is 0. The highest BCUT2D eigenvalue weighted by Gasteiger charge is 2.26. The van der Waals surface area contributed by atoms with Crippen LogP contribution >= 0.6 is 12.4 Å². The molecule has 1 fully saturated rings. The number of rotatable bonds is 6. The zero-order chi connectivity index (χ0) is 19.2. The maximum atomic E-state index is 13.6. The molecule has 4 nitrogen and oxygen atoms in total. The Morgan fingerprint density at radius 2 is 2.07 bits per heavy atom. The lowest BCUT2D eigenvalue weighted by molar-refractivity contribution is -0.123. The molecule has 0 saturated carbocycles. The number of piperazine rings is 1. The summed E-state index contributed by atoms with van der Waals surface area (Å²) in [6.07, 6.45) is 0.813. The molecule has 1 saturated heterocycles. The maximum absolute atomic E-state index is 13.6. The molecule has 1 heterocycles. The number of halogens is 2. The van der Waals surface area contributed by atoms with Crippen LogP contribution in [0.3, 0.4) is 0 Å². The largest absolute Gasteiger partial charge is 0.352 e. The van der Waals surface area contributed by atoms with Crippen molar-refractivity contribution >= 4 is 18.3 Å². The summed E-state index contributed by atoms with van der Waals surface area (Å²) < 4.78 is 13.6. The molecule has 2 aromatic rings. The van der Waals surface area contributed by atoms with Gasteiger partial charge in [-0.1, -0.05) is 36.4 Å². The van der Waals surface area contributed by atoms with Crippen molar-refractivity contribution in [1.82, 2.24) is 15.5 Å². The standard InChI is InChI=1S/C22H28FN3O.ClH/c1-16-6-3-4-7-18(16)12-17(2)25-22(27)15-26-11-10-24-14-21(26)19-8-5-9-20(23)13-19;/h3-9,13,17,21,24H,10-12,14-15H2,1-2H3,(H,25,27);1H. The van der Waals surface area contributed by atoms with Crippen LogP contribution in [0.1, 0.15) is 29.7 Å². The minimum atomic E-state index is -0.241. The Morgan fingerprint density at radius 1 is 1.29 bits per heavy atom. The van der Waals surface area contributed by atoms with Crippen molar-refractivity contribution in [3.63, 3.8) is 0 Å². The van der Waals surface area contributed by atoms with Gasteiger partial charge in [0.1, 0.15) is 5.82 Å². The van der Waals surface area contributed by atoms with Gasteiger partial charge in [-0.15, -0.1) is 12.4 Å². The smallest absolute Gasteiger partial charge is 0.234 e. The monoisotopic (exact) mass is 405 g/mol. The van der Waals surface area contributed by atoms with Gasteiger partial charge in [0, 0.05) is 31.7 Å². The predicted molar refractivity (Wildman–Crippen MR) is 113 cm³/mol. The van der Waals surface area contributed by atoms with Gasteiger partial charge in [0.05, 0.1) is 6.54 Å². The molecule has 28 heavy (non-hydrogen) atoms. The first kappa shape index (κ1) is 22.3. The molecule has 3 rings (SSSR count). The van der Waals surface area contributed by atoms with Gasteiger partial charge in [0.2, 0.25) is 5.91 Å². The third-order valence-electron chi connectivity index (χ3n) is 5.13. The Kier molecular flexibility index (Phi) is 8.42. The normalized spacial score (nSPS) is 18.2. The molecular formula is C22H29ClFN3O. The van der Waals surface area contributed by atoms with Crippen LogP contribution in [-0.2, 0) is 11.2 Å². The lowest BCUT2D eigenvalue weighted by atomic mass is 10.0. The van der Waals surface area contributed by atoms with Crippen LogP contribution in [0.2, 0.25) is 0 Å². The SMILES string of the molecule is Cc1ccccc1CC(C)NC(=O)CN1CCNCC1c1cccc(F)c1.Cl. The van der Waals surface area contributed by atoms with Crippen LogP contribution in [0.25, 0.3) is 0 Å². The van der Waals surface area contributed by atoms with E-state index in [1.165, 1.54) is 17.2 Å². The van der Waals surface area contributed by atoms with E-state index in [0.717, 1.165) is 31.6 Å². The minimum absolute atomic E-state index is 0. The fourth-order valence-electron chi connectivity index (χ4n) is 3.70. The second kappa shape index (κ2) is 10.6. The predicted octanol–water partition coefficient (Wildman–Crippen LogP) is 3.25. The summed E-state index contributed by atoms with van der Waals surface area (Å²) in [6, 6.07) is 15.0. The van der Waals surface area contributed by atoms with E-state index in [9.17, 15) is 9.18 Å². The third-order valence-corrected chi connectivity index (χ3v) is 5.13. The molecule has 0 radical (unpaired) electrons. The Balaban J connectivity index is 0.00000280. The van der Waals surface area contributed by atoms with Gasteiger partial charge in [-0.05, 0) is 49.1 Å². The molecule has 0 aromatic heterocycles. The quantitative estimate of drug-likeness (QED) is 0.775. The maximum Gasteiger partial charge on any atom is 0.234 e. The summed E-state index contributed by atoms with van der Waals surface area (Å²) >= 11 is 0. The van der Waals surface area contributed by atoms with Crippen LogP contribution in [0.4, 0.5) is 4.39 Å². The number of benzene rings is 2. The van der Waals surface area contributed by atoms with E-state index in [4.69, 9.17) is 0 Å². The number of amides is 1. The molecule has 0 aliphatic carbocycles. The van der Waals surface area contributed by atoms with Crippen molar-refractivity contribution in [1.29, 1.82) is 0 Å². The summed E-state index contributed by atoms with van der Waals surface area (Å²) in [5.41, 5.74) is 3.40. The van der Waals surface area contributed by atoms with Crippen molar-refractivity contribution < 1.29 is 9.18 Å². The number of nitrogens with one attached hydrogen (secondary N) is 2. The first-order valence-corrected chi connectivity index (χ1v) is 9.57. The fraction of sp³-hybridized carbons (Fsp3) is 0.409. The van der Waals surface area contributed by atoms with E-state index in [-0.39, 0.29) is 36.2 Å². The molecule has 152 valence electrons. The Labute approximate surface area is 172 Å². The van der Waals surface area contributed by atoms with E-state index >= 15 is 0 Å². The first-order chi connectivity index (χ1) is 13.0. The molecular weight excluding hydrogens is 377 g/mol. The third kappa shape index (κ3) is 6.03. The van der Waals surface area contributed by atoms with Gasteiger partial charge in [-0.3, -0.25) is 9.69 Å². The van der Waals surface area contributed by atoms with E-state index in [2.05, 4.69) is 34.6 Å². The molecule has 1 aliphatic rings. The first-order valence-electron chi connectivity index (χ1n) is 9.57. The lowest BCUT2D eigenvalue weighted by Crippen LogP contribution is -2.50. The van der Waals surface area contributed by atoms with Gasteiger partial charge in [0.15, 0.2) is 0 Å². The second-order valence-corrected chi connectivity index (χ2v) is 7.34. The highest BCUT2D eigenvalue weighted by Crippen LogP contribution is 2.22. The zero-order valence-corrected chi connectivity index (χ0v) is 17.3. The molecule has 0 bridgehead atoms. The van der Waals surface area contributed by atoms with Crippen molar-refractivity contribution in [2.75, 3.05) is 26.2 Å². The van der Waals surface area contributed by atoms with Gasteiger partial charge >= 0.3 is 0 Å². The van der Waals surface area contributed by atoms with Crippen molar-refractivity contribution in [2.24, 2.45) is 0 Å². The Morgan fingerprint density at radius 3 is 2.82 bits per heavy atom. The molecule has 6 heteroatoms. The Hall–Kier alpha value is -1.95. The summed E-state index contributed by atoms with van der Waals surface area (Å²) in [6.45, 7) is 6.76. The number of carbonyl (C=O) groups excluding carboxylic acids is 1. The number of nitrogens with zero attached hydrogens (tertiary/aromatic N) is 1. The van der Waals surface area contributed by atoms with Gasteiger partial charge in [0.25, 0.3) is 0 Å². The van der Waals surface area contributed by atoms with Gasteiger partial charge in [-0.25, -0.2) is 4.39 Å². The van der Waals surface area contributed by atoms with E-state index in [1.807, 2.05) is 25.1 Å². The molecule has 1 amide bonds. The highest BCUT2D eigenvalue weighted by molar-refractivity contribution is 5.85. The molecule has 2 unspecified atom stereocenters. The van der Waals surface area contributed by atoms with Crippen LogP contribution in [0.15, 0.2) is 48.5 Å². The summed E-state index contributed by atoms with van der Waals surface area (Å²) in [5, 5.41) is 6.45. The molecule has 1 aliphatic heterocycles. The number of hydrogen-bond donors (Lipinski definition) is 2. The van der Waals surface area contributed by atoms with Gasteiger partial charge in [-0.2, -0.15) is 0 Å². The van der Waals surface area contributed by atoms with Crippen molar-refractivity contribution in [3.8, 4) is 0 Å². The van der Waals surface area contributed by atoms with E-state index < -0.39 is 0 Å². The molecule has 2 atom stereocenters. The van der Waals surface area contributed by atoms with E-state index in [0.29, 0.717) is 6.54 Å². The molecule has 2 N–H and O–H groups in total. The van der Waals surface area contributed by atoms with Crippen LogP contribution < -0.4 is 10.6 Å². The lowest BCUT2D eigenvalue weighted by Gasteiger charge is -2.36. The average Bonchev–Trinajstić information content (AvgIpc) is 2.64. The minimum Gasteiger partial charge on any atom is -0.352 e. The topological polar surface area (TPSA) is 44.4 Å². The summed E-state index contributed by atoms with van der Waals surface area (Å²) in [4.78, 5) is 14.7. The molecule has 0 spiro atoms. The Bertz CT molecular complexity index is 786. The average molecular weight is 406 g/mol. The fourth-order valence-corrected chi connectivity index (χ4v) is 3.70. The molecule has 2 aromatic carbocycles. The number of carbonyl (C=O) groups is 1. The van der Waals surface area contributed by atoms with Crippen LogP contribution in [0.5, 0.6) is 0 Å². The number of aryl methyl sites for hydroxylation is 1. The van der Waals surface area contributed by atoms with Crippen LogP contribution in [-0.4, -0.2) is 43.0 Å². The summed E-state index contributed by atoms with van der Waals surface area (Å²) in [5.74, 6) is -0.228. The highest BCUT2D eigenvalue weighted by atomic mass is 35.5. The van der Waals surface area contributed by atoms with E-state index in [1.54, 1.807) is 12.1 Å². The van der Waals surface area contributed by atoms with Crippen molar-refractivity contribution in [3.05, 3.63) is 71.0 Å². The van der Waals surface area contributed by atoms with Gasteiger partial charge < -0.3 is 10.6 Å². The second-order valence-electron chi connectivity index (χ2n) is 7.34. The zero-order valence-electron chi connectivity index (χ0n) is 16.5. The van der Waals surface area contributed by atoms with Crippen molar-refractivity contribution in [2.45, 2.75) is 32.4 Å². The number of hydrogen-bond acceptors (Lipinski definition) is 3.